The first-order valence-corrected chi connectivity index (χ1v) is 8.72. The first-order chi connectivity index (χ1) is 9.75. The van der Waals surface area contributed by atoms with Crippen LogP contribution in [0.3, 0.4) is 0 Å². The first kappa shape index (κ1) is 14.0. The highest BCUT2D eigenvalue weighted by atomic mass is 32.2. The molecule has 1 aromatic rings. The normalized spacial score (nSPS) is 23.4. The fourth-order valence-corrected chi connectivity index (χ4v) is 4.79. The van der Waals surface area contributed by atoms with Gasteiger partial charge in [0, 0.05) is 18.3 Å². The second-order valence-electron chi connectivity index (χ2n) is 5.89. The average Bonchev–Trinajstić information content (AvgIpc) is 3.01. The van der Waals surface area contributed by atoms with E-state index >= 15 is 0 Å². The van der Waals surface area contributed by atoms with Crippen molar-refractivity contribution in [2.75, 3.05) is 13.1 Å². The van der Waals surface area contributed by atoms with E-state index in [0.29, 0.717) is 11.2 Å². The number of carbonyl (C=O) groups excluding carboxylic acids is 1. The Hall–Kier alpha value is -0.960. The number of thioether (sulfide) groups is 1. The van der Waals surface area contributed by atoms with Crippen molar-refractivity contribution in [1.29, 1.82) is 0 Å². The number of fused-ring (bicyclic) bond motifs is 1. The summed E-state index contributed by atoms with van der Waals surface area (Å²) in [5.74, 6) is 0.343. The Morgan fingerprint density at radius 3 is 2.80 bits per heavy atom. The van der Waals surface area contributed by atoms with E-state index in [0.717, 1.165) is 13.1 Å². The number of likely N-dealkylation sites (tertiary alicyclic amines) is 1. The molecule has 2 nitrogen and oxygen atoms in total. The molecule has 0 bridgehead atoms. The van der Waals surface area contributed by atoms with Crippen LogP contribution in [0.1, 0.15) is 49.0 Å². The molecule has 1 amide bonds. The third kappa shape index (κ3) is 2.88. The molecule has 0 unspecified atom stereocenters. The van der Waals surface area contributed by atoms with Gasteiger partial charge < -0.3 is 4.90 Å². The van der Waals surface area contributed by atoms with Crippen LogP contribution in [0.5, 0.6) is 0 Å². The molecule has 0 radical (unpaired) electrons. The molecule has 20 heavy (non-hydrogen) atoms. The van der Waals surface area contributed by atoms with Crippen LogP contribution in [0.25, 0.3) is 0 Å². The van der Waals surface area contributed by atoms with E-state index in [2.05, 4.69) is 31.2 Å². The van der Waals surface area contributed by atoms with Crippen LogP contribution in [0.2, 0.25) is 0 Å². The van der Waals surface area contributed by atoms with E-state index in [1.165, 1.54) is 43.2 Å². The molecule has 108 valence electrons. The van der Waals surface area contributed by atoms with Crippen LogP contribution >= 0.6 is 11.8 Å². The highest BCUT2D eigenvalue weighted by molar-refractivity contribution is 8.00. The van der Waals surface area contributed by atoms with Crippen LogP contribution in [0, 0.1) is 0 Å². The van der Waals surface area contributed by atoms with Gasteiger partial charge >= 0.3 is 0 Å². The first-order valence-electron chi connectivity index (χ1n) is 7.78. The second-order valence-corrected chi connectivity index (χ2v) is 7.44. The molecule has 0 aromatic heterocycles. The largest absolute Gasteiger partial charge is 0.342 e. The lowest BCUT2D eigenvalue weighted by atomic mass is 9.91. The van der Waals surface area contributed by atoms with Gasteiger partial charge in [0.2, 0.25) is 5.91 Å². The van der Waals surface area contributed by atoms with Crippen LogP contribution in [0.4, 0.5) is 0 Å². The molecule has 1 fully saturated rings. The lowest BCUT2D eigenvalue weighted by molar-refractivity contribution is -0.129. The quantitative estimate of drug-likeness (QED) is 0.843. The Balaban J connectivity index is 1.67. The van der Waals surface area contributed by atoms with Crippen molar-refractivity contribution >= 4 is 17.7 Å². The summed E-state index contributed by atoms with van der Waals surface area (Å²) < 4.78 is 0. The molecule has 2 atom stereocenters. The fraction of sp³-hybridized carbons (Fsp3) is 0.588. The fourth-order valence-electron chi connectivity index (χ4n) is 3.35. The molecule has 1 heterocycles. The highest BCUT2D eigenvalue weighted by Crippen LogP contribution is 2.42. The van der Waals surface area contributed by atoms with Crippen molar-refractivity contribution in [2.24, 2.45) is 0 Å². The molecule has 3 heteroatoms. The van der Waals surface area contributed by atoms with Crippen LogP contribution in [-0.4, -0.2) is 29.1 Å². The summed E-state index contributed by atoms with van der Waals surface area (Å²) in [5, 5.41) is 0.589. The topological polar surface area (TPSA) is 20.3 Å². The third-order valence-electron chi connectivity index (χ3n) is 4.45. The third-order valence-corrected chi connectivity index (χ3v) is 5.88. The Morgan fingerprint density at radius 1 is 1.25 bits per heavy atom. The molecule has 0 spiro atoms. The van der Waals surface area contributed by atoms with Gasteiger partial charge in [-0.1, -0.05) is 24.3 Å². The van der Waals surface area contributed by atoms with Gasteiger partial charge in [-0.05, 0) is 50.2 Å². The van der Waals surface area contributed by atoms with Gasteiger partial charge in [-0.2, -0.15) is 0 Å². The zero-order valence-corrected chi connectivity index (χ0v) is 13.0. The summed E-state index contributed by atoms with van der Waals surface area (Å²) in [6.07, 6.45) is 6.01. The molecule has 1 saturated heterocycles. The molecule has 1 aliphatic carbocycles. The van der Waals surface area contributed by atoms with E-state index < -0.39 is 0 Å². The average molecular weight is 289 g/mol. The number of amides is 1. The van der Waals surface area contributed by atoms with E-state index in [1.54, 1.807) is 0 Å². The number of carbonyl (C=O) groups is 1. The van der Waals surface area contributed by atoms with Crippen LogP contribution in [0.15, 0.2) is 24.3 Å². The van der Waals surface area contributed by atoms with Crippen molar-refractivity contribution in [1.82, 2.24) is 4.90 Å². The Morgan fingerprint density at radius 2 is 2.00 bits per heavy atom. The van der Waals surface area contributed by atoms with Crippen molar-refractivity contribution in [3.63, 3.8) is 0 Å². The zero-order chi connectivity index (χ0) is 13.9. The standard InChI is InChI=1S/C17H23NOS/c1-13(17(19)18-11-4-5-12-18)20-16-10-6-8-14-7-2-3-9-15(14)16/h2-3,7,9,13,16H,4-6,8,10-12H2,1H3/t13-,16-/m1/s1. The number of hydrogen-bond acceptors (Lipinski definition) is 2. The Kier molecular flexibility index (Phi) is 4.35. The van der Waals surface area contributed by atoms with Crippen molar-refractivity contribution in [3.8, 4) is 0 Å². The predicted molar refractivity (Wildman–Crippen MR) is 85.0 cm³/mol. The molecular weight excluding hydrogens is 266 g/mol. The van der Waals surface area contributed by atoms with Gasteiger partial charge in [0.25, 0.3) is 0 Å². The van der Waals surface area contributed by atoms with Gasteiger partial charge in [0.05, 0.1) is 5.25 Å². The van der Waals surface area contributed by atoms with Gasteiger partial charge in [-0.25, -0.2) is 0 Å². The molecule has 1 aliphatic heterocycles. The minimum Gasteiger partial charge on any atom is -0.342 e. The minimum atomic E-state index is 0.0873. The van der Waals surface area contributed by atoms with Gasteiger partial charge in [-0.3, -0.25) is 4.79 Å². The van der Waals surface area contributed by atoms with E-state index in [1.807, 2.05) is 16.7 Å². The number of benzene rings is 1. The number of hydrogen-bond donors (Lipinski definition) is 0. The second kappa shape index (κ2) is 6.21. The summed E-state index contributed by atoms with van der Waals surface area (Å²) in [6, 6.07) is 8.75. The lowest BCUT2D eigenvalue weighted by Gasteiger charge is -2.28. The van der Waals surface area contributed by atoms with Crippen molar-refractivity contribution in [2.45, 2.75) is 49.5 Å². The molecule has 0 N–H and O–H groups in total. The summed E-state index contributed by atoms with van der Waals surface area (Å²) in [4.78, 5) is 14.5. The van der Waals surface area contributed by atoms with Crippen molar-refractivity contribution in [3.05, 3.63) is 35.4 Å². The zero-order valence-electron chi connectivity index (χ0n) is 12.2. The SMILES string of the molecule is C[C@@H](S[C@@H]1CCCc2ccccc21)C(=O)N1CCCC1. The highest BCUT2D eigenvalue weighted by Gasteiger charge is 2.28. The maximum absolute atomic E-state index is 12.4. The number of nitrogens with zero attached hydrogens (tertiary/aromatic N) is 1. The van der Waals surface area contributed by atoms with E-state index in [9.17, 15) is 4.79 Å². The van der Waals surface area contributed by atoms with Crippen LogP contribution in [-0.2, 0) is 11.2 Å². The number of aryl methyl sites for hydroxylation is 1. The molecule has 1 aromatic carbocycles. The van der Waals surface area contributed by atoms with Gasteiger partial charge in [0.15, 0.2) is 0 Å². The minimum absolute atomic E-state index is 0.0873. The van der Waals surface area contributed by atoms with Crippen LogP contribution < -0.4 is 0 Å². The molecule has 2 aliphatic rings. The lowest BCUT2D eigenvalue weighted by Crippen LogP contribution is -2.34. The maximum Gasteiger partial charge on any atom is 0.235 e. The predicted octanol–water partition coefficient (Wildman–Crippen LogP) is 3.81. The van der Waals surface area contributed by atoms with Crippen molar-refractivity contribution < 1.29 is 4.79 Å². The summed E-state index contributed by atoms with van der Waals surface area (Å²) >= 11 is 1.87. The summed E-state index contributed by atoms with van der Waals surface area (Å²) in [5.41, 5.74) is 2.95. The molecule has 3 rings (SSSR count). The van der Waals surface area contributed by atoms with Gasteiger partial charge in [-0.15, -0.1) is 11.8 Å². The number of rotatable bonds is 3. The maximum atomic E-state index is 12.4. The molecule has 0 saturated carbocycles. The Labute approximate surface area is 125 Å². The monoisotopic (exact) mass is 289 g/mol. The van der Waals surface area contributed by atoms with Gasteiger partial charge in [0.1, 0.15) is 0 Å². The summed E-state index contributed by atoms with van der Waals surface area (Å²) in [6.45, 7) is 4.01. The Bertz CT molecular complexity index is 482. The smallest absolute Gasteiger partial charge is 0.235 e. The summed E-state index contributed by atoms with van der Waals surface area (Å²) in [7, 11) is 0. The van der Waals surface area contributed by atoms with E-state index in [4.69, 9.17) is 0 Å². The molecular formula is C17H23NOS. The van der Waals surface area contributed by atoms with E-state index in [-0.39, 0.29) is 5.25 Å².